The third-order valence-electron chi connectivity index (χ3n) is 6.81. The monoisotopic (exact) mass is 562 g/mol. The molecule has 1 aliphatic heterocycles. The van der Waals surface area contributed by atoms with Crippen molar-refractivity contribution in [3.63, 3.8) is 0 Å². The fraction of sp³-hybridized carbons (Fsp3) is 0.552. The summed E-state index contributed by atoms with van der Waals surface area (Å²) in [6.45, 7) is 10.1. The van der Waals surface area contributed by atoms with Gasteiger partial charge in [0.15, 0.2) is 0 Å². The third kappa shape index (κ3) is 6.85. The number of sulfonamides is 1. The van der Waals surface area contributed by atoms with Crippen molar-refractivity contribution in [2.75, 3.05) is 27.3 Å². The van der Waals surface area contributed by atoms with Gasteiger partial charge < -0.3 is 24.6 Å². The number of methoxy groups -OCH3 is 2. The van der Waals surface area contributed by atoms with E-state index in [1.807, 2.05) is 13.8 Å². The molecule has 1 aliphatic rings. The highest BCUT2D eigenvalue weighted by Gasteiger charge is 2.49. The average molecular weight is 563 g/mol. The Morgan fingerprint density at radius 3 is 2.49 bits per heavy atom. The van der Waals surface area contributed by atoms with Crippen molar-refractivity contribution in [3.8, 4) is 17.2 Å². The van der Waals surface area contributed by atoms with Gasteiger partial charge in [-0.3, -0.25) is 4.79 Å². The minimum atomic E-state index is -4.21. The molecule has 0 aromatic heterocycles. The Morgan fingerprint density at radius 1 is 1.15 bits per heavy atom. The van der Waals surface area contributed by atoms with Gasteiger partial charge in [0, 0.05) is 24.7 Å². The van der Waals surface area contributed by atoms with Crippen LogP contribution in [0.15, 0.2) is 41.3 Å². The molecule has 1 amide bonds. The Hall–Kier alpha value is -2.82. The zero-order valence-corrected chi connectivity index (χ0v) is 24.8. The van der Waals surface area contributed by atoms with Crippen LogP contribution >= 0.6 is 0 Å². The lowest BCUT2D eigenvalue weighted by Crippen LogP contribution is -2.55. The number of ether oxygens (including phenoxy) is 3. The first-order valence-electron chi connectivity index (χ1n) is 13.4. The second kappa shape index (κ2) is 12.6. The highest BCUT2D eigenvalue weighted by atomic mass is 32.2. The maximum Gasteiger partial charge on any atom is 0.247 e. The van der Waals surface area contributed by atoms with Gasteiger partial charge in [-0.05, 0) is 56.0 Å². The molecule has 1 heterocycles. The zero-order valence-electron chi connectivity index (χ0n) is 24.0. The number of fused-ring (bicyclic) bond motifs is 1. The van der Waals surface area contributed by atoms with E-state index < -0.39 is 27.8 Å². The molecule has 2 unspecified atom stereocenters. The van der Waals surface area contributed by atoms with Crippen molar-refractivity contribution in [1.29, 1.82) is 0 Å². The van der Waals surface area contributed by atoms with Crippen LogP contribution in [0.1, 0.15) is 64.6 Å². The summed E-state index contributed by atoms with van der Waals surface area (Å²) in [7, 11) is -1.34. The molecule has 0 spiro atoms. The molecule has 0 radical (unpaired) electrons. The summed E-state index contributed by atoms with van der Waals surface area (Å²) in [4.78, 5) is 12.5. The number of amides is 1. The predicted octanol–water partition coefficient (Wildman–Crippen LogP) is 4.08. The van der Waals surface area contributed by atoms with Crippen molar-refractivity contribution in [2.45, 2.75) is 76.5 Å². The van der Waals surface area contributed by atoms with Gasteiger partial charge in [0.1, 0.15) is 33.8 Å². The lowest BCUT2D eigenvalue weighted by molar-refractivity contribution is -0.120. The van der Waals surface area contributed by atoms with Crippen molar-refractivity contribution in [1.82, 2.24) is 9.62 Å². The van der Waals surface area contributed by atoms with Crippen LogP contribution in [0, 0.1) is 5.92 Å². The number of unbranched alkanes of at least 4 members (excludes halogenated alkanes) is 1. The summed E-state index contributed by atoms with van der Waals surface area (Å²) >= 11 is 0. The van der Waals surface area contributed by atoms with Gasteiger partial charge >= 0.3 is 0 Å². The molecule has 39 heavy (non-hydrogen) atoms. The van der Waals surface area contributed by atoms with Crippen LogP contribution in [0.25, 0.3) is 0 Å². The molecule has 10 heteroatoms. The van der Waals surface area contributed by atoms with Gasteiger partial charge in [0.05, 0.1) is 26.7 Å². The van der Waals surface area contributed by atoms with E-state index in [9.17, 15) is 18.3 Å². The molecule has 3 rings (SSSR count). The average Bonchev–Trinajstić information content (AvgIpc) is 2.88. The quantitative estimate of drug-likeness (QED) is 0.375. The third-order valence-corrected chi connectivity index (χ3v) is 8.68. The Labute approximate surface area is 232 Å². The lowest BCUT2D eigenvalue weighted by atomic mass is 9.85. The fourth-order valence-electron chi connectivity index (χ4n) is 4.72. The Balaban J connectivity index is 2.15. The summed E-state index contributed by atoms with van der Waals surface area (Å²) < 4.78 is 46.9. The Bertz CT molecular complexity index is 1260. The Morgan fingerprint density at radius 2 is 1.87 bits per heavy atom. The van der Waals surface area contributed by atoms with Crippen LogP contribution in [-0.2, 0) is 21.2 Å². The first-order valence-corrected chi connectivity index (χ1v) is 14.8. The van der Waals surface area contributed by atoms with E-state index >= 15 is 0 Å². The fourth-order valence-corrected chi connectivity index (χ4v) is 6.67. The normalized spacial score (nSPS) is 18.4. The predicted molar refractivity (Wildman–Crippen MR) is 150 cm³/mol. The second-order valence-corrected chi connectivity index (χ2v) is 12.7. The molecular formula is C29H42N2O7S. The molecule has 2 N–H and O–H groups in total. The molecule has 2 aromatic rings. The first-order chi connectivity index (χ1) is 18.3. The molecule has 0 saturated heterocycles. The van der Waals surface area contributed by atoms with Gasteiger partial charge in [-0.1, -0.05) is 33.3 Å². The number of benzene rings is 2. The van der Waals surface area contributed by atoms with Crippen LogP contribution in [0.2, 0.25) is 0 Å². The van der Waals surface area contributed by atoms with E-state index in [0.717, 1.165) is 12.8 Å². The largest absolute Gasteiger partial charge is 0.497 e. The standard InChI is InChI=1S/C29H42N2O7S/c1-8-9-14-30-26(32)16-20-10-12-23-22(15-20)27(28(33)29(4,5)38-23)31(18-19(2)3)39(34,35)25-17-21(36-6)11-13-24(25)37-7/h10-13,15,17,19,27-28,33H,8-9,14,16,18H2,1-7H3,(H,30,32). The maximum absolute atomic E-state index is 14.4. The van der Waals surface area contributed by atoms with E-state index in [1.165, 1.54) is 24.6 Å². The molecular weight excluding hydrogens is 520 g/mol. The molecule has 0 bridgehead atoms. The van der Waals surface area contributed by atoms with Gasteiger partial charge in [-0.25, -0.2) is 8.42 Å². The van der Waals surface area contributed by atoms with Crippen molar-refractivity contribution >= 4 is 15.9 Å². The van der Waals surface area contributed by atoms with E-state index in [2.05, 4.69) is 12.2 Å². The number of nitrogens with zero attached hydrogens (tertiary/aromatic N) is 1. The number of rotatable bonds is 12. The lowest BCUT2D eigenvalue weighted by Gasteiger charge is -2.46. The van der Waals surface area contributed by atoms with Crippen LogP contribution in [0.3, 0.4) is 0 Å². The van der Waals surface area contributed by atoms with Crippen LogP contribution < -0.4 is 19.5 Å². The summed E-state index contributed by atoms with van der Waals surface area (Å²) in [6, 6.07) is 8.94. The van der Waals surface area contributed by atoms with Crippen LogP contribution in [0.4, 0.5) is 0 Å². The summed E-state index contributed by atoms with van der Waals surface area (Å²) in [5.74, 6) is 0.814. The van der Waals surface area contributed by atoms with Gasteiger partial charge in [-0.15, -0.1) is 0 Å². The van der Waals surface area contributed by atoms with Gasteiger partial charge in [0.2, 0.25) is 15.9 Å². The number of aliphatic hydroxyl groups excluding tert-OH is 1. The molecule has 2 aromatic carbocycles. The Kier molecular flexibility index (Phi) is 9.90. The first kappa shape index (κ1) is 30.7. The molecule has 2 atom stereocenters. The number of carbonyl (C=O) groups is 1. The summed E-state index contributed by atoms with van der Waals surface area (Å²) in [5.41, 5.74) is 0.121. The van der Waals surface area contributed by atoms with Crippen molar-refractivity contribution < 1.29 is 32.5 Å². The number of aliphatic hydroxyl groups is 1. The topological polar surface area (TPSA) is 114 Å². The molecule has 9 nitrogen and oxygen atoms in total. The zero-order chi connectivity index (χ0) is 29.0. The van der Waals surface area contributed by atoms with Crippen molar-refractivity contribution in [3.05, 3.63) is 47.5 Å². The van der Waals surface area contributed by atoms with E-state index in [0.29, 0.717) is 29.2 Å². The van der Waals surface area contributed by atoms with E-state index in [-0.39, 0.29) is 35.4 Å². The number of nitrogens with one attached hydrogen (secondary N) is 1. The molecule has 0 saturated carbocycles. The van der Waals surface area contributed by atoms with Gasteiger partial charge in [0.25, 0.3) is 0 Å². The maximum atomic E-state index is 14.4. The minimum Gasteiger partial charge on any atom is -0.497 e. The summed E-state index contributed by atoms with van der Waals surface area (Å²) in [6.07, 6.45) is 0.792. The highest BCUT2D eigenvalue weighted by molar-refractivity contribution is 7.89. The number of hydrogen-bond acceptors (Lipinski definition) is 7. The molecule has 216 valence electrons. The SMILES string of the molecule is CCCCNC(=O)Cc1ccc2c(c1)C(N(CC(C)C)S(=O)(=O)c1cc(OC)ccc1OC)C(O)C(C)(C)O2. The van der Waals surface area contributed by atoms with Crippen LogP contribution in [-0.4, -0.2) is 62.8 Å². The molecule has 0 fully saturated rings. The second-order valence-electron chi connectivity index (χ2n) is 10.8. The van der Waals surface area contributed by atoms with Crippen molar-refractivity contribution in [2.24, 2.45) is 5.92 Å². The van der Waals surface area contributed by atoms with E-state index in [1.54, 1.807) is 44.2 Å². The van der Waals surface area contributed by atoms with E-state index in [4.69, 9.17) is 14.2 Å². The number of carbonyl (C=O) groups excluding carboxylic acids is 1. The minimum absolute atomic E-state index is 0.0606. The summed E-state index contributed by atoms with van der Waals surface area (Å²) in [5, 5.41) is 14.5. The highest BCUT2D eigenvalue weighted by Crippen LogP contribution is 2.46. The molecule has 0 aliphatic carbocycles. The smallest absolute Gasteiger partial charge is 0.247 e. The van der Waals surface area contributed by atoms with Gasteiger partial charge in [-0.2, -0.15) is 4.31 Å². The number of hydrogen-bond donors (Lipinski definition) is 2. The van der Waals surface area contributed by atoms with Crippen LogP contribution in [0.5, 0.6) is 17.2 Å².